The van der Waals surface area contributed by atoms with Crippen LogP contribution in [0, 0.1) is 12.3 Å². The Morgan fingerprint density at radius 3 is 2.23 bits per heavy atom. The number of hydrogen-bond acceptors (Lipinski definition) is 5. The second kappa shape index (κ2) is 13.1. The fraction of sp³-hybridized carbons (Fsp3) is 0.324. The number of aryl methyl sites for hydroxylation is 1. The minimum absolute atomic E-state index is 0.166. The fourth-order valence-corrected chi connectivity index (χ4v) is 6.44. The van der Waals surface area contributed by atoms with E-state index in [0.29, 0.717) is 30.9 Å². The molecule has 0 spiro atoms. The molecule has 3 aromatic heterocycles. The first-order chi connectivity index (χ1) is 22.0. The fourth-order valence-electron chi connectivity index (χ4n) is 5.25. The molecule has 10 heteroatoms. The number of benzene rings is 2. The lowest BCUT2D eigenvalue weighted by molar-refractivity contribution is -0.147. The van der Waals surface area contributed by atoms with E-state index in [1.165, 1.54) is 12.3 Å². The lowest BCUT2D eigenvalue weighted by atomic mass is 9.88. The zero-order chi connectivity index (χ0) is 34.1. The molecule has 0 bridgehead atoms. The molecule has 0 amide bonds. The van der Waals surface area contributed by atoms with E-state index in [0.717, 1.165) is 49.9 Å². The Hall–Kier alpha value is -4.31. The van der Waals surface area contributed by atoms with Gasteiger partial charge in [-0.2, -0.15) is 13.2 Å². The van der Waals surface area contributed by atoms with E-state index >= 15 is 0 Å². The second-order valence-corrected chi connectivity index (χ2v) is 15.1. The molecular formula is C37H38F3N3O3S. The van der Waals surface area contributed by atoms with Gasteiger partial charge < -0.3 is 14.4 Å². The summed E-state index contributed by atoms with van der Waals surface area (Å²) in [5, 5.41) is 11.1. The quantitative estimate of drug-likeness (QED) is 0.150. The van der Waals surface area contributed by atoms with Crippen LogP contribution in [-0.2, 0) is 30.5 Å². The number of aliphatic carboxylic acids is 1. The Morgan fingerprint density at radius 1 is 0.936 bits per heavy atom. The van der Waals surface area contributed by atoms with Gasteiger partial charge in [0.25, 0.3) is 0 Å². The number of thioether (sulfide) groups is 1. The predicted octanol–water partition coefficient (Wildman–Crippen LogP) is 9.60. The van der Waals surface area contributed by atoms with E-state index in [-0.39, 0.29) is 4.75 Å². The van der Waals surface area contributed by atoms with E-state index in [4.69, 9.17) is 4.74 Å². The molecule has 3 heterocycles. The number of rotatable bonds is 10. The van der Waals surface area contributed by atoms with E-state index in [2.05, 4.69) is 35.3 Å². The number of alkyl halides is 3. The maximum Gasteiger partial charge on any atom is 0.433 e. The summed E-state index contributed by atoms with van der Waals surface area (Å²) >= 11 is 1.70. The zero-order valence-corrected chi connectivity index (χ0v) is 28.1. The number of carboxylic acids is 1. The van der Waals surface area contributed by atoms with Crippen molar-refractivity contribution in [3.8, 4) is 16.9 Å². The molecule has 0 unspecified atom stereocenters. The number of pyridine rings is 2. The van der Waals surface area contributed by atoms with Crippen LogP contribution in [0.25, 0.3) is 22.0 Å². The number of carbonyl (C=O) groups is 1. The number of aromatic nitrogens is 3. The van der Waals surface area contributed by atoms with Crippen molar-refractivity contribution in [1.29, 1.82) is 0 Å². The number of carboxylic acid groups (broad SMARTS) is 1. The van der Waals surface area contributed by atoms with E-state index in [9.17, 15) is 23.1 Å². The molecular weight excluding hydrogens is 623 g/mol. The third kappa shape index (κ3) is 7.99. The minimum Gasteiger partial charge on any atom is -0.487 e. The average molecular weight is 662 g/mol. The standard InChI is InChI=1S/C37H38F3N3O3S/c1-23-8-7-17-41-29(23)22-46-27-14-15-30-28(18-27)33(47-35(2,3)4)31(19-36(5,6)34(44)45)43(30)21-24-9-11-25(12-10-24)26-13-16-32(42-20-26)37(38,39)40/h7-18,20H,19,21-22H2,1-6H3,(H,44,45). The van der Waals surface area contributed by atoms with Crippen LogP contribution in [0.1, 0.15) is 62.8 Å². The summed E-state index contributed by atoms with van der Waals surface area (Å²) in [4.78, 5) is 21.4. The molecule has 0 saturated heterocycles. The molecule has 2 aromatic carbocycles. The normalized spacial score (nSPS) is 12.4. The van der Waals surface area contributed by atoms with E-state index in [1.807, 2.05) is 61.5 Å². The average Bonchev–Trinajstić information content (AvgIpc) is 3.26. The molecule has 0 aliphatic carbocycles. The molecule has 246 valence electrons. The molecule has 0 fully saturated rings. The van der Waals surface area contributed by atoms with Crippen LogP contribution >= 0.6 is 11.8 Å². The molecule has 0 atom stereocenters. The van der Waals surface area contributed by atoms with Gasteiger partial charge >= 0.3 is 12.1 Å². The molecule has 5 rings (SSSR count). The van der Waals surface area contributed by atoms with Gasteiger partial charge in [-0.1, -0.05) is 57.2 Å². The van der Waals surface area contributed by atoms with Gasteiger partial charge in [0.2, 0.25) is 0 Å². The van der Waals surface area contributed by atoms with Gasteiger partial charge in [-0.15, -0.1) is 11.8 Å². The highest BCUT2D eigenvalue weighted by Gasteiger charge is 2.33. The van der Waals surface area contributed by atoms with Gasteiger partial charge in [0.05, 0.1) is 11.1 Å². The first kappa shape index (κ1) is 34.0. The van der Waals surface area contributed by atoms with Crippen LogP contribution in [0.5, 0.6) is 5.75 Å². The van der Waals surface area contributed by atoms with Crippen molar-refractivity contribution in [2.24, 2.45) is 5.41 Å². The maximum absolute atomic E-state index is 13.0. The van der Waals surface area contributed by atoms with Crippen LogP contribution in [0.4, 0.5) is 13.2 Å². The van der Waals surface area contributed by atoms with Gasteiger partial charge in [0, 0.05) is 57.2 Å². The minimum atomic E-state index is -4.50. The number of nitrogens with zero attached hydrogens (tertiary/aromatic N) is 3. The Labute approximate surface area is 277 Å². The SMILES string of the molecule is Cc1cccnc1COc1ccc2c(c1)c(SC(C)(C)C)c(CC(C)(C)C(=O)O)n2Cc1ccc(-c2ccc(C(F)(F)F)nc2)cc1. The van der Waals surface area contributed by atoms with Crippen LogP contribution in [0.15, 0.2) is 84.0 Å². The van der Waals surface area contributed by atoms with Crippen molar-refractivity contribution in [3.05, 3.63) is 107 Å². The topological polar surface area (TPSA) is 77.2 Å². The van der Waals surface area contributed by atoms with Crippen molar-refractivity contribution < 1.29 is 27.8 Å². The van der Waals surface area contributed by atoms with Crippen LogP contribution in [0.2, 0.25) is 0 Å². The number of hydrogen-bond donors (Lipinski definition) is 1. The third-order valence-corrected chi connectivity index (χ3v) is 9.14. The van der Waals surface area contributed by atoms with E-state index < -0.39 is 23.3 Å². The predicted molar refractivity (Wildman–Crippen MR) is 180 cm³/mol. The molecule has 0 radical (unpaired) electrons. The highest BCUT2D eigenvalue weighted by molar-refractivity contribution is 8.00. The van der Waals surface area contributed by atoms with Gasteiger partial charge in [-0.25, -0.2) is 0 Å². The molecule has 1 N–H and O–H groups in total. The molecule has 5 aromatic rings. The Bertz CT molecular complexity index is 1890. The summed E-state index contributed by atoms with van der Waals surface area (Å²) in [5.41, 5.74) is 4.08. The van der Waals surface area contributed by atoms with Gasteiger partial charge in [0.1, 0.15) is 18.1 Å². The number of halogens is 3. The van der Waals surface area contributed by atoms with E-state index in [1.54, 1.807) is 31.8 Å². The van der Waals surface area contributed by atoms with Crippen molar-refractivity contribution in [3.63, 3.8) is 0 Å². The molecule has 0 saturated carbocycles. The van der Waals surface area contributed by atoms with Gasteiger partial charge in [0.15, 0.2) is 0 Å². The van der Waals surface area contributed by atoms with Gasteiger partial charge in [-0.3, -0.25) is 14.8 Å². The summed E-state index contributed by atoms with van der Waals surface area (Å²) in [6, 6.07) is 19.9. The number of ether oxygens (including phenoxy) is 1. The summed E-state index contributed by atoms with van der Waals surface area (Å²) < 4.78 is 47.2. The molecule has 0 aliphatic rings. The second-order valence-electron chi connectivity index (χ2n) is 13.3. The van der Waals surface area contributed by atoms with Crippen LogP contribution < -0.4 is 4.74 Å². The largest absolute Gasteiger partial charge is 0.487 e. The Morgan fingerprint density at radius 2 is 1.64 bits per heavy atom. The maximum atomic E-state index is 13.0. The van der Waals surface area contributed by atoms with Crippen molar-refractivity contribution in [2.75, 3.05) is 0 Å². The van der Waals surface area contributed by atoms with Crippen molar-refractivity contribution in [2.45, 2.75) is 76.9 Å². The Kier molecular flexibility index (Phi) is 9.46. The Balaban J connectivity index is 1.56. The smallest absolute Gasteiger partial charge is 0.433 e. The zero-order valence-electron chi connectivity index (χ0n) is 27.3. The van der Waals surface area contributed by atoms with Crippen LogP contribution in [-0.4, -0.2) is 30.4 Å². The first-order valence-corrected chi connectivity index (χ1v) is 16.1. The summed E-state index contributed by atoms with van der Waals surface area (Å²) in [7, 11) is 0. The van der Waals surface area contributed by atoms with Crippen molar-refractivity contribution >= 4 is 28.6 Å². The monoisotopic (exact) mass is 661 g/mol. The summed E-state index contributed by atoms with van der Waals surface area (Å²) in [6.45, 7) is 12.6. The van der Waals surface area contributed by atoms with Gasteiger partial charge in [-0.05, 0) is 67.8 Å². The lowest BCUT2D eigenvalue weighted by Gasteiger charge is -2.24. The molecule has 6 nitrogen and oxygen atoms in total. The molecule has 47 heavy (non-hydrogen) atoms. The number of fused-ring (bicyclic) bond motifs is 1. The highest BCUT2D eigenvalue weighted by atomic mass is 32.2. The summed E-state index contributed by atoms with van der Waals surface area (Å²) in [5.74, 6) is -0.195. The highest BCUT2D eigenvalue weighted by Crippen LogP contribution is 2.44. The van der Waals surface area contributed by atoms with Crippen molar-refractivity contribution in [1.82, 2.24) is 14.5 Å². The lowest BCUT2D eigenvalue weighted by Crippen LogP contribution is -2.28. The van der Waals surface area contributed by atoms with Crippen LogP contribution in [0.3, 0.4) is 0 Å². The third-order valence-electron chi connectivity index (χ3n) is 7.86. The summed E-state index contributed by atoms with van der Waals surface area (Å²) in [6.07, 6.45) is -1.22. The first-order valence-electron chi connectivity index (χ1n) is 15.3. The molecule has 0 aliphatic heterocycles.